The van der Waals surface area contributed by atoms with Crippen LogP contribution in [-0.4, -0.2) is 12.5 Å². The predicted octanol–water partition coefficient (Wildman–Crippen LogP) is 3.08. The summed E-state index contributed by atoms with van der Waals surface area (Å²) in [6.07, 6.45) is 0. The zero-order chi connectivity index (χ0) is 14.5. The van der Waals surface area contributed by atoms with Gasteiger partial charge >= 0.3 is 0 Å². The first-order valence-corrected chi connectivity index (χ1v) is 6.87. The lowest BCUT2D eigenvalue weighted by Gasteiger charge is -2.13. The molecule has 2 rings (SSSR count). The number of hydrogen-bond donors (Lipinski definition) is 2. The topological polar surface area (TPSA) is 77.5 Å². The van der Waals surface area contributed by atoms with Crippen LogP contribution in [0.25, 0.3) is 0 Å². The number of hydrogen-bond acceptors (Lipinski definition) is 4. The van der Waals surface area contributed by atoms with Crippen LogP contribution >= 0.6 is 15.9 Å². The third-order valence-corrected chi connectivity index (χ3v) is 3.07. The molecule has 0 aliphatic carbocycles. The highest BCUT2D eigenvalue weighted by atomic mass is 79.9. The van der Waals surface area contributed by atoms with Gasteiger partial charge in [-0.05, 0) is 59.3 Å². The van der Waals surface area contributed by atoms with Crippen LogP contribution in [0.15, 0.2) is 45.5 Å². The van der Waals surface area contributed by atoms with E-state index < -0.39 is 5.91 Å². The van der Waals surface area contributed by atoms with Crippen molar-refractivity contribution in [2.45, 2.75) is 13.0 Å². The summed E-state index contributed by atoms with van der Waals surface area (Å²) in [4.78, 5) is 10.6. The number of ether oxygens (including phenoxy) is 1. The second-order valence-electron chi connectivity index (χ2n) is 4.29. The molecule has 0 radical (unpaired) electrons. The zero-order valence-corrected chi connectivity index (χ0v) is 12.5. The number of carbonyl (C=O) groups is 1. The van der Waals surface area contributed by atoms with E-state index >= 15 is 0 Å². The van der Waals surface area contributed by atoms with Gasteiger partial charge in [0.25, 0.3) is 5.91 Å². The molecule has 0 aliphatic heterocycles. The third kappa shape index (κ3) is 4.03. The van der Waals surface area contributed by atoms with Gasteiger partial charge in [0.1, 0.15) is 11.5 Å². The second kappa shape index (κ2) is 6.47. The molecular weight excluding hydrogens is 324 g/mol. The summed E-state index contributed by atoms with van der Waals surface area (Å²) in [6, 6.07) is 11.1. The molecular formula is C14H15BrN2O3. The minimum absolute atomic E-state index is 0.0405. The van der Waals surface area contributed by atoms with Gasteiger partial charge in [-0.2, -0.15) is 0 Å². The Bertz CT molecular complexity index is 580. The number of carbonyl (C=O) groups excluding carboxylic acids is 1. The van der Waals surface area contributed by atoms with Crippen molar-refractivity contribution in [3.05, 3.63) is 46.8 Å². The minimum atomic E-state index is -0.496. The predicted molar refractivity (Wildman–Crippen MR) is 79.6 cm³/mol. The van der Waals surface area contributed by atoms with E-state index in [1.807, 2.05) is 31.2 Å². The Kier molecular flexibility index (Phi) is 4.68. The molecule has 1 amide bonds. The summed E-state index contributed by atoms with van der Waals surface area (Å²) in [5, 5.41) is 3.30. The highest BCUT2D eigenvalue weighted by Crippen LogP contribution is 2.24. The number of primary amides is 1. The van der Waals surface area contributed by atoms with Gasteiger partial charge in [-0.1, -0.05) is 0 Å². The molecule has 2 aromatic rings. The lowest BCUT2D eigenvalue weighted by atomic mass is 10.2. The van der Waals surface area contributed by atoms with Gasteiger partial charge < -0.3 is 20.2 Å². The first-order valence-electron chi connectivity index (χ1n) is 6.07. The maximum absolute atomic E-state index is 10.6. The summed E-state index contributed by atoms with van der Waals surface area (Å²) in [7, 11) is 0. The van der Waals surface area contributed by atoms with Crippen molar-refractivity contribution in [1.29, 1.82) is 0 Å². The van der Waals surface area contributed by atoms with E-state index in [-0.39, 0.29) is 12.6 Å². The van der Waals surface area contributed by atoms with Crippen LogP contribution in [0.2, 0.25) is 0 Å². The molecule has 106 valence electrons. The number of rotatable bonds is 6. The van der Waals surface area contributed by atoms with E-state index in [2.05, 4.69) is 21.2 Å². The van der Waals surface area contributed by atoms with Gasteiger partial charge in [0, 0.05) is 5.69 Å². The summed E-state index contributed by atoms with van der Waals surface area (Å²) in [6.45, 7) is 1.88. The van der Waals surface area contributed by atoms with E-state index in [0.717, 1.165) is 11.4 Å². The summed E-state index contributed by atoms with van der Waals surface area (Å²) >= 11 is 3.28. The Morgan fingerprint density at radius 1 is 1.35 bits per heavy atom. The van der Waals surface area contributed by atoms with Crippen LogP contribution in [-0.2, 0) is 4.79 Å². The first kappa shape index (κ1) is 14.5. The molecule has 1 heterocycles. The number of nitrogens with one attached hydrogen (secondary N) is 1. The van der Waals surface area contributed by atoms with Gasteiger partial charge in [-0.15, -0.1) is 0 Å². The fourth-order valence-corrected chi connectivity index (χ4v) is 2.00. The molecule has 0 spiro atoms. The van der Waals surface area contributed by atoms with Gasteiger partial charge in [0.15, 0.2) is 11.3 Å². The molecule has 5 nitrogen and oxygen atoms in total. The molecule has 3 N–H and O–H groups in total. The van der Waals surface area contributed by atoms with E-state index in [1.54, 1.807) is 12.1 Å². The smallest absolute Gasteiger partial charge is 0.255 e. The molecule has 1 aromatic carbocycles. The van der Waals surface area contributed by atoms with Crippen molar-refractivity contribution >= 4 is 27.5 Å². The number of halogens is 1. The average molecular weight is 339 g/mol. The monoisotopic (exact) mass is 338 g/mol. The zero-order valence-electron chi connectivity index (χ0n) is 10.9. The minimum Gasteiger partial charge on any atom is -0.484 e. The highest BCUT2D eigenvalue weighted by Gasteiger charge is 2.09. The fraction of sp³-hybridized carbons (Fsp3) is 0.214. The molecule has 1 atom stereocenters. The van der Waals surface area contributed by atoms with Crippen molar-refractivity contribution < 1.29 is 13.9 Å². The maximum Gasteiger partial charge on any atom is 0.255 e. The SMILES string of the molecule is CC(Nc1ccc(OCC(N)=O)cc1)c1ccc(Br)o1. The summed E-state index contributed by atoms with van der Waals surface area (Å²) in [5.74, 6) is 0.942. The van der Waals surface area contributed by atoms with Gasteiger partial charge in [0.05, 0.1) is 6.04 Å². The Morgan fingerprint density at radius 2 is 2.05 bits per heavy atom. The van der Waals surface area contributed by atoms with Crippen LogP contribution < -0.4 is 15.8 Å². The number of benzene rings is 1. The Labute approximate surface area is 125 Å². The van der Waals surface area contributed by atoms with Crippen molar-refractivity contribution in [1.82, 2.24) is 0 Å². The van der Waals surface area contributed by atoms with Crippen molar-refractivity contribution in [2.75, 3.05) is 11.9 Å². The van der Waals surface area contributed by atoms with Gasteiger partial charge in [0.2, 0.25) is 0 Å². The quantitative estimate of drug-likeness (QED) is 0.848. The Morgan fingerprint density at radius 3 is 2.60 bits per heavy atom. The molecule has 0 fully saturated rings. The average Bonchev–Trinajstić information content (AvgIpc) is 2.85. The molecule has 0 aliphatic rings. The third-order valence-electron chi connectivity index (χ3n) is 2.64. The van der Waals surface area contributed by atoms with E-state index in [4.69, 9.17) is 14.9 Å². The van der Waals surface area contributed by atoms with Crippen LogP contribution in [0.5, 0.6) is 5.75 Å². The second-order valence-corrected chi connectivity index (χ2v) is 5.07. The molecule has 0 bridgehead atoms. The number of anilines is 1. The molecule has 1 unspecified atom stereocenters. The number of nitrogens with two attached hydrogens (primary N) is 1. The molecule has 20 heavy (non-hydrogen) atoms. The van der Waals surface area contributed by atoms with Gasteiger partial charge in [-0.3, -0.25) is 4.79 Å². The molecule has 0 saturated carbocycles. The maximum atomic E-state index is 10.6. The summed E-state index contributed by atoms with van der Waals surface area (Å²) in [5.41, 5.74) is 5.94. The largest absolute Gasteiger partial charge is 0.484 e. The van der Waals surface area contributed by atoms with Crippen LogP contribution in [0.3, 0.4) is 0 Å². The highest BCUT2D eigenvalue weighted by molar-refractivity contribution is 9.10. The van der Waals surface area contributed by atoms with Crippen molar-refractivity contribution in [3.8, 4) is 5.75 Å². The molecule has 1 aromatic heterocycles. The van der Waals surface area contributed by atoms with Crippen LogP contribution in [0, 0.1) is 0 Å². The van der Waals surface area contributed by atoms with E-state index in [9.17, 15) is 4.79 Å². The Hall–Kier alpha value is -1.95. The van der Waals surface area contributed by atoms with Gasteiger partial charge in [-0.25, -0.2) is 0 Å². The Balaban J connectivity index is 1.94. The van der Waals surface area contributed by atoms with Crippen LogP contribution in [0.1, 0.15) is 18.7 Å². The van der Waals surface area contributed by atoms with Crippen LogP contribution in [0.4, 0.5) is 5.69 Å². The summed E-state index contributed by atoms with van der Waals surface area (Å²) < 4.78 is 11.4. The lowest BCUT2D eigenvalue weighted by Crippen LogP contribution is -2.19. The fourth-order valence-electron chi connectivity index (χ4n) is 1.68. The molecule has 0 saturated heterocycles. The van der Waals surface area contributed by atoms with Crippen molar-refractivity contribution in [3.63, 3.8) is 0 Å². The molecule has 6 heteroatoms. The lowest BCUT2D eigenvalue weighted by molar-refractivity contribution is -0.119. The number of amides is 1. The van der Waals surface area contributed by atoms with E-state index in [1.165, 1.54) is 0 Å². The van der Waals surface area contributed by atoms with Crippen molar-refractivity contribution in [2.24, 2.45) is 5.73 Å². The first-order chi connectivity index (χ1) is 9.54. The standard InChI is InChI=1S/C14H15BrN2O3/c1-9(12-6-7-13(15)20-12)17-10-2-4-11(5-3-10)19-8-14(16)18/h2-7,9,17H,8H2,1H3,(H2,16,18). The normalized spacial score (nSPS) is 11.9. The van der Waals surface area contributed by atoms with E-state index in [0.29, 0.717) is 10.4 Å². The number of furan rings is 1.